The summed E-state index contributed by atoms with van der Waals surface area (Å²) < 4.78 is 7.35. The smallest absolute Gasteiger partial charge is 0.308 e. The molecule has 1 aromatic heterocycles. The van der Waals surface area contributed by atoms with Gasteiger partial charge in [0.05, 0.1) is 5.52 Å². The molecule has 5 nitrogen and oxygen atoms in total. The SMILES string of the molecule is CCC(OC(=O)CC(C)CC(C)(C)C)n1nnc2ccccc21. The van der Waals surface area contributed by atoms with Crippen LogP contribution in [-0.4, -0.2) is 21.0 Å². The van der Waals surface area contributed by atoms with E-state index in [0.29, 0.717) is 18.8 Å². The molecule has 0 fully saturated rings. The van der Waals surface area contributed by atoms with Gasteiger partial charge in [-0.05, 0) is 29.9 Å². The standard InChI is InChI=1S/C18H27N3O2/c1-6-16(21-15-10-8-7-9-14(15)19-20-21)23-17(22)11-13(2)12-18(3,4)5/h7-10,13,16H,6,11-12H2,1-5H3. The number of esters is 1. The summed E-state index contributed by atoms with van der Waals surface area (Å²) in [6.07, 6.45) is 1.68. The molecule has 0 amide bonds. The van der Waals surface area contributed by atoms with Gasteiger partial charge in [0, 0.05) is 12.8 Å². The number of benzene rings is 1. The van der Waals surface area contributed by atoms with Gasteiger partial charge in [-0.25, -0.2) is 4.68 Å². The van der Waals surface area contributed by atoms with Gasteiger partial charge in [0.15, 0.2) is 6.23 Å². The summed E-state index contributed by atoms with van der Waals surface area (Å²) in [6, 6.07) is 7.69. The third-order valence-corrected chi connectivity index (χ3v) is 3.74. The molecule has 0 aliphatic carbocycles. The van der Waals surface area contributed by atoms with Gasteiger partial charge in [-0.2, -0.15) is 0 Å². The molecule has 1 aromatic carbocycles. The molecule has 23 heavy (non-hydrogen) atoms. The van der Waals surface area contributed by atoms with E-state index in [1.807, 2.05) is 31.2 Å². The molecule has 2 atom stereocenters. The molecule has 0 aliphatic rings. The number of hydrogen-bond acceptors (Lipinski definition) is 4. The first-order valence-corrected chi connectivity index (χ1v) is 8.29. The van der Waals surface area contributed by atoms with Crippen molar-refractivity contribution in [1.82, 2.24) is 15.0 Å². The number of para-hydroxylation sites is 1. The number of aromatic nitrogens is 3. The zero-order chi connectivity index (χ0) is 17.0. The molecule has 5 heteroatoms. The fourth-order valence-electron chi connectivity index (χ4n) is 3.01. The van der Waals surface area contributed by atoms with Gasteiger partial charge in [0.1, 0.15) is 5.52 Å². The summed E-state index contributed by atoms with van der Waals surface area (Å²) in [5.41, 5.74) is 1.91. The van der Waals surface area contributed by atoms with Crippen LogP contribution >= 0.6 is 0 Å². The van der Waals surface area contributed by atoms with Crippen LogP contribution < -0.4 is 0 Å². The minimum absolute atomic E-state index is 0.173. The van der Waals surface area contributed by atoms with Gasteiger partial charge in [0.25, 0.3) is 0 Å². The van der Waals surface area contributed by atoms with Gasteiger partial charge >= 0.3 is 5.97 Å². The fraction of sp³-hybridized carbons (Fsp3) is 0.611. The normalized spacial score (nSPS) is 14.7. The van der Waals surface area contributed by atoms with Gasteiger partial charge < -0.3 is 4.74 Å². The molecule has 1 heterocycles. The second kappa shape index (κ2) is 7.11. The molecule has 2 aromatic rings. The van der Waals surface area contributed by atoms with Gasteiger partial charge in [0.2, 0.25) is 0 Å². The van der Waals surface area contributed by atoms with Crippen molar-refractivity contribution in [3.63, 3.8) is 0 Å². The molecule has 2 unspecified atom stereocenters. The Hall–Kier alpha value is -1.91. The van der Waals surface area contributed by atoms with Crippen LogP contribution in [0.2, 0.25) is 0 Å². The molecular formula is C18H27N3O2. The Kier molecular flexibility index (Phi) is 5.39. The van der Waals surface area contributed by atoms with Crippen LogP contribution in [0.4, 0.5) is 0 Å². The summed E-state index contributed by atoms with van der Waals surface area (Å²) in [7, 11) is 0. The van der Waals surface area contributed by atoms with E-state index in [-0.39, 0.29) is 11.4 Å². The number of hydrogen-bond donors (Lipinski definition) is 0. The predicted octanol–water partition coefficient (Wildman–Crippen LogP) is 4.35. The van der Waals surface area contributed by atoms with Gasteiger partial charge in [-0.3, -0.25) is 4.79 Å². The maximum absolute atomic E-state index is 12.3. The van der Waals surface area contributed by atoms with E-state index in [1.165, 1.54) is 0 Å². The van der Waals surface area contributed by atoms with Crippen molar-refractivity contribution in [2.75, 3.05) is 0 Å². The van der Waals surface area contributed by atoms with Crippen molar-refractivity contribution < 1.29 is 9.53 Å². The monoisotopic (exact) mass is 317 g/mol. The quantitative estimate of drug-likeness (QED) is 0.743. The first-order valence-electron chi connectivity index (χ1n) is 8.29. The summed E-state index contributed by atoms with van der Waals surface area (Å²) >= 11 is 0. The van der Waals surface area contributed by atoms with Crippen molar-refractivity contribution in [3.8, 4) is 0 Å². The van der Waals surface area contributed by atoms with E-state index >= 15 is 0 Å². The van der Waals surface area contributed by atoms with Crippen molar-refractivity contribution in [1.29, 1.82) is 0 Å². The highest BCUT2D eigenvalue weighted by molar-refractivity contribution is 5.74. The largest absolute Gasteiger partial charge is 0.440 e. The number of carbonyl (C=O) groups excluding carboxylic acids is 1. The van der Waals surface area contributed by atoms with Crippen LogP contribution in [0.25, 0.3) is 11.0 Å². The second-order valence-corrected chi connectivity index (χ2v) is 7.45. The predicted molar refractivity (Wildman–Crippen MR) is 90.8 cm³/mol. The molecule has 126 valence electrons. The highest BCUT2D eigenvalue weighted by atomic mass is 16.6. The molecular weight excluding hydrogens is 290 g/mol. The number of ether oxygens (including phenoxy) is 1. The molecule has 0 N–H and O–H groups in total. The highest BCUT2D eigenvalue weighted by Crippen LogP contribution is 2.27. The van der Waals surface area contributed by atoms with Crippen LogP contribution in [0.5, 0.6) is 0 Å². The highest BCUT2D eigenvalue weighted by Gasteiger charge is 2.22. The Balaban J connectivity index is 2.03. The Morgan fingerprint density at radius 3 is 2.65 bits per heavy atom. The molecule has 2 rings (SSSR count). The molecule has 0 spiro atoms. The van der Waals surface area contributed by atoms with Crippen molar-refractivity contribution >= 4 is 17.0 Å². The lowest BCUT2D eigenvalue weighted by molar-refractivity contribution is -0.155. The van der Waals surface area contributed by atoms with Gasteiger partial charge in [-0.1, -0.05) is 52.0 Å². The summed E-state index contributed by atoms with van der Waals surface area (Å²) in [6.45, 7) is 10.6. The van der Waals surface area contributed by atoms with Crippen LogP contribution in [0, 0.1) is 11.3 Å². The third-order valence-electron chi connectivity index (χ3n) is 3.74. The maximum atomic E-state index is 12.3. The molecule has 0 bridgehead atoms. The number of carbonyl (C=O) groups is 1. The van der Waals surface area contributed by atoms with E-state index in [0.717, 1.165) is 17.5 Å². The molecule has 0 saturated heterocycles. The van der Waals surface area contributed by atoms with Crippen LogP contribution in [-0.2, 0) is 9.53 Å². The van der Waals surface area contributed by atoms with Gasteiger partial charge in [-0.15, -0.1) is 5.10 Å². The van der Waals surface area contributed by atoms with E-state index in [1.54, 1.807) is 4.68 Å². The first-order chi connectivity index (χ1) is 10.8. The molecule has 0 radical (unpaired) electrons. The zero-order valence-electron chi connectivity index (χ0n) is 14.7. The minimum Gasteiger partial charge on any atom is -0.440 e. The Morgan fingerprint density at radius 2 is 2.00 bits per heavy atom. The lowest BCUT2D eigenvalue weighted by Gasteiger charge is -2.23. The lowest BCUT2D eigenvalue weighted by atomic mass is 9.84. The summed E-state index contributed by atoms with van der Waals surface area (Å²) in [5, 5.41) is 8.27. The molecule has 0 aliphatic heterocycles. The van der Waals surface area contributed by atoms with E-state index in [4.69, 9.17) is 4.74 Å². The number of nitrogens with zero attached hydrogens (tertiary/aromatic N) is 3. The average molecular weight is 317 g/mol. The van der Waals surface area contributed by atoms with E-state index in [2.05, 4.69) is 38.0 Å². The van der Waals surface area contributed by atoms with Crippen LogP contribution in [0.3, 0.4) is 0 Å². The van der Waals surface area contributed by atoms with Crippen molar-refractivity contribution in [2.45, 2.75) is 60.1 Å². The Morgan fingerprint density at radius 1 is 1.30 bits per heavy atom. The van der Waals surface area contributed by atoms with Crippen molar-refractivity contribution in [2.24, 2.45) is 11.3 Å². The van der Waals surface area contributed by atoms with Crippen LogP contribution in [0.15, 0.2) is 24.3 Å². The first kappa shape index (κ1) is 17.4. The summed E-state index contributed by atoms with van der Waals surface area (Å²) in [4.78, 5) is 12.3. The fourth-order valence-corrected chi connectivity index (χ4v) is 3.01. The third kappa shape index (κ3) is 4.78. The number of fused-ring (bicyclic) bond motifs is 1. The topological polar surface area (TPSA) is 57.0 Å². The Bertz CT molecular complexity index is 658. The average Bonchev–Trinajstić information content (AvgIpc) is 2.86. The van der Waals surface area contributed by atoms with Crippen molar-refractivity contribution in [3.05, 3.63) is 24.3 Å². The minimum atomic E-state index is -0.406. The number of rotatable bonds is 6. The summed E-state index contributed by atoms with van der Waals surface area (Å²) in [5.74, 6) is 0.126. The zero-order valence-corrected chi connectivity index (χ0v) is 14.7. The Labute approximate surface area is 138 Å². The van der Waals surface area contributed by atoms with E-state index < -0.39 is 6.23 Å². The lowest BCUT2D eigenvalue weighted by Crippen LogP contribution is -2.21. The van der Waals surface area contributed by atoms with E-state index in [9.17, 15) is 4.79 Å². The maximum Gasteiger partial charge on any atom is 0.308 e. The second-order valence-electron chi connectivity index (χ2n) is 7.45. The molecule has 0 saturated carbocycles. The van der Waals surface area contributed by atoms with Crippen LogP contribution in [0.1, 0.15) is 60.1 Å².